The van der Waals surface area contributed by atoms with Gasteiger partial charge in [-0.1, -0.05) is 0 Å². The summed E-state index contributed by atoms with van der Waals surface area (Å²) in [6.45, 7) is 6.57. The molecular formula is C13H20N2O2. The van der Waals surface area contributed by atoms with Crippen molar-refractivity contribution in [3.8, 4) is 0 Å². The normalized spacial score (nSPS) is 20.2. The molecule has 4 heteroatoms. The van der Waals surface area contributed by atoms with Crippen LogP contribution in [0.15, 0.2) is 10.5 Å². The first-order valence-corrected chi connectivity index (χ1v) is 6.23. The second-order valence-electron chi connectivity index (χ2n) is 4.79. The fourth-order valence-electron chi connectivity index (χ4n) is 2.28. The minimum Gasteiger partial charge on any atom is -0.456 e. The van der Waals surface area contributed by atoms with Gasteiger partial charge in [-0.15, -0.1) is 0 Å². The summed E-state index contributed by atoms with van der Waals surface area (Å²) in [4.78, 5) is 11.9. The van der Waals surface area contributed by atoms with Gasteiger partial charge in [-0.05, 0) is 51.8 Å². The highest BCUT2D eigenvalue weighted by molar-refractivity contribution is 5.92. The first kappa shape index (κ1) is 12.2. The van der Waals surface area contributed by atoms with Gasteiger partial charge in [0.15, 0.2) is 5.76 Å². The van der Waals surface area contributed by atoms with E-state index in [1.807, 2.05) is 19.9 Å². The summed E-state index contributed by atoms with van der Waals surface area (Å²) < 4.78 is 5.39. The second kappa shape index (κ2) is 5.36. The van der Waals surface area contributed by atoms with E-state index < -0.39 is 0 Å². The van der Waals surface area contributed by atoms with Gasteiger partial charge >= 0.3 is 0 Å². The molecule has 0 aromatic carbocycles. The number of carbonyl (C=O) groups is 1. The zero-order valence-electron chi connectivity index (χ0n) is 10.5. The molecule has 17 heavy (non-hydrogen) atoms. The Labute approximate surface area is 102 Å². The van der Waals surface area contributed by atoms with E-state index in [2.05, 4.69) is 10.6 Å². The number of piperidine rings is 1. The average molecular weight is 236 g/mol. The van der Waals surface area contributed by atoms with Crippen molar-refractivity contribution in [2.75, 3.05) is 19.6 Å². The number of furan rings is 1. The summed E-state index contributed by atoms with van der Waals surface area (Å²) in [7, 11) is 0. The van der Waals surface area contributed by atoms with E-state index in [9.17, 15) is 4.79 Å². The van der Waals surface area contributed by atoms with E-state index in [4.69, 9.17) is 4.42 Å². The molecule has 1 aromatic heterocycles. The Morgan fingerprint density at radius 3 is 3.00 bits per heavy atom. The van der Waals surface area contributed by atoms with Crippen molar-refractivity contribution >= 4 is 5.91 Å². The second-order valence-corrected chi connectivity index (χ2v) is 4.79. The zero-order valence-corrected chi connectivity index (χ0v) is 10.5. The molecule has 1 amide bonds. The van der Waals surface area contributed by atoms with E-state index in [0.29, 0.717) is 11.7 Å². The molecule has 2 rings (SSSR count). The molecule has 1 saturated heterocycles. The highest BCUT2D eigenvalue weighted by Gasteiger charge is 2.17. The summed E-state index contributed by atoms with van der Waals surface area (Å²) in [5.74, 6) is 1.68. The molecule has 1 aliphatic rings. The van der Waals surface area contributed by atoms with Crippen LogP contribution in [0.4, 0.5) is 0 Å². The van der Waals surface area contributed by atoms with E-state index in [-0.39, 0.29) is 5.91 Å². The van der Waals surface area contributed by atoms with Crippen LogP contribution >= 0.6 is 0 Å². The number of amides is 1. The van der Waals surface area contributed by atoms with Crippen LogP contribution in [0.5, 0.6) is 0 Å². The van der Waals surface area contributed by atoms with Crippen LogP contribution in [0, 0.1) is 19.8 Å². The minimum atomic E-state index is -0.0961. The lowest BCUT2D eigenvalue weighted by atomic mass is 10.00. The van der Waals surface area contributed by atoms with Crippen molar-refractivity contribution in [1.29, 1.82) is 0 Å². The Morgan fingerprint density at radius 2 is 2.41 bits per heavy atom. The third kappa shape index (κ3) is 3.09. The molecule has 0 spiro atoms. The van der Waals surface area contributed by atoms with Crippen molar-refractivity contribution in [1.82, 2.24) is 10.6 Å². The molecule has 0 bridgehead atoms. The average Bonchev–Trinajstić information content (AvgIpc) is 2.67. The first-order chi connectivity index (χ1) is 8.16. The highest BCUT2D eigenvalue weighted by atomic mass is 16.3. The topological polar surface area (TPSA) is 54.3 Å². The lowest BCUT2D eigenvalue weighted by Gasteiger charge is -2.22. The zero-order chi connectivity index (χ0) is 12.3. The lowest BCUT2D eigenvalue weighted by molar-refractivity contribution is 0.0915. The molecule has 1 aromatic rings. The van der Waals surface area contributed by atoms with Gasteiger partial charge in [0.2, 0.25) is 0 Å². The molecular weight excluding hydrogens is 216 g/mol. The van der Waals surface area contributed by atoms with Crippen molar-refractivity contribution < 1.29 is 9.21 Å². The van der Waals surface area contributed by atoms with Crippen LogP contribution < -0.4 is 10.6 Å². The molecule has 4 nitrogen and oxygen atoms in total. The minimum absolute atomic E-state index is 0.0961. The largest absolute Gasteiger partial charge is 0.456 e. The van der Waals surface area contributed by atoms with Crippen molar-refractivity contribution in [2.45, 2.75) is 26.7 Å². The number of carbonyl (C=O) groups excluding carboxylic acids is 1. The van der Waals surface area contributed by atoms with Crippen LogP contribution in [0.3, 0.4) is 0 Å². The first-order valence-electron chi connectivity index (χ1n) is 6.23. The predicted octanol–water partition coefficient (Wildman–Crippen LogP) is 1.63. The molecule has 0 aliphatic carbocycles. The summed E-state index contributed by atoms with van der Waals surface area (Å²) in [6.07, 6.45) is 2.38. The summed E-state index contributed by atoms with van der Waals surface area (Å²) in [5.41, 5.74) is 0.904. The molecule has 94 valence electrons. The maximum absolute atomic E-state index is 11.9. The molecule has 0 radical (unpaired) electrons. The standard InChI is InChI=1S/C13H20N2O2/c1-9-6-10(2)17-12(9)13(16)15-8-11-4-3-5-14-7-11/h6,11,14H,3-5,7-8H2,1-2H3,(H,15,16). The molecule has 1 aliphatic heterocycles. The maximum atomic E-state index is 11.9. The maximum Gasteiger partial charge on any atom is 0.287 e. The van der Waals surface area contributed by atoms with E-state index >= 15 is 0 Å². The third-order valence-electron chi connectivity index (χ3n) is 3.20. The molecule has 0 saturated carbocycles. The molecule has 2 heterocycles. The Hall–Kier alpha value is -1.29. The Morgan fingerprint density at radius 1 is 1.59 bits per heavy atom. The number of nitrogens with one attached hydrogen (secondary N) is 2. The lowest BCUT2D eigenvalue weighted by Crippen LogP contribution is -2.38. The van der Waals surface area contributed by atoms with Gasteiger partial charge in [0.25, 0.3) is 5.91 Å². The third-order valence-corrected chi connectivity index (χ3v) is 3.20. The summed E-state index contributed by atoms with van der Waals surface area (Å²) in [5, 5.41) is 6.29. The van der Waals surface area contributed by atoms with Crippen LogP contribution in [-0.4, -0.2) is 25.5 Å². The van der Waals surface area contributed by atoms with E-state index in [1.54, 1.807) is 0 Å². The Balaban J connectivity index is 1.86. The Bertz CT molecular complexity index is 392. The fraction of sp³-hybridized carbons (Fsp3) is 0.615. The van der Waals surface area contributed by atoms with Gasteiger partial charge in [0.05, 0.1) is 0 Å². The van der Waals surface area contributed by atoms with Gasteiger partial charge in [-0.2, -0.15) is 0 Å². The van der Waals surface area contributed by atoms with Crippen molar-refractivity contribution in [2.24, 2.45) is 5.92 Å². The SMILES string of the molecule is Cc1cc(C)c(C(=O)NCC2CCCNC2)o1. The van der Waals surface area contributed by atoms with Crippen LogP contribution in [0.2, 0.25) is 0 Å². The number of hydrogen-bond donors (Lipinski definition) is 2. The number of hydrogen-bond acceptors (Lipinski definition) is 3. The predicted molar refractivity (Wildman–Crippen MR) is 66.1 cm³/mol. The molecule has 2 N–H and O–H groups in total. The summed E-state index contributed by atoms with van der Waals surface area (Å²) >= 11 is 0. The smallest absolute Gasteiger partial charge is 0.287 e. The van der Waals surface area contributed by atoms with Crippen molar-refractivity contribution in [3.63, 3.8) is 0 Å². The van der Waals surface area contributed by atoms with Gasteiger partial charge in [0.1, 0.15) is 5.76 Å². The highest BCUT2D eigenvalue weighted by Crippen LogP contribution is 2.14. The fourth-order valence-corrected chi connectivity index (χ4v) is 2.28. The molecule has 1 atom stereocenters. The number of aryl methyl sites for hydroxylation is 2. The van der Waals surface area contributed by atoms with Gasteiger partial charge in [0, 0.05) is 12.1 Å². The van der Waals surface area contributed by atoms with E-state index in [0.717, 1.165) is 31.0 Å². The Kier molecular flexibility index (Phi) is 3.84. The van der Waals surface area contributed by atoms with Crippen LogP contribution in [-0.2, 0) is 0 Å². The van der Waals surface area contributed by atoms with Gasteiger partial charge < -0.3 is 15.1 Å². The quantitative estimate of drug-likeness (QED) is 0.838. The van der Waals surface area contributed by atoms with Crippen LogP contribution in [0.1, 0.15) is 34.7 Å². The van der Waals surface area contributed by atoms with Gasteiger partial charge in [-0.3, -0.25) is 4.79 Å². The monoisotopic (exact) mass is 236 g/mol. The van der Waals surface area contributed by atoms with Crippen molar-refractivity contribution in [3.05, 3.63) is 23.2 Å². The molecule has 1 unspecified atom stereocenters. The summed E-state index contributed by atoms with van der Waals surface area (Å²) in [6, 6.07) is 1.89. The van der Waals surface area contributed by atoms with Gasteiger partial charge in [-0.25, -0.2) is 0 Å². The molecule has 1 fully saturated rings. The number of rotatable bonds is 3. The van der Waals surface area contributed by atoms with Crippen LogP contribution in [0.25, 0.3) is 0 Å². The van der Waals surface area contributed by atoms with E-state index in [1.165, 1.54) is 12.8 Å².